The van der Waals surface area contributed by atoms with Gasteiger partial charge in [-0.1, -0.05) is 35.9 Å². The van der Waals surface area contributed by atoms with Crippen molar-refractivity contribution in [3.8, 4) is 5.75 Å². The van der Waals surface area contributed by atoms with E-state index in [9.17, 15) is 4.79 Å². The first-order chi connectivity index (χ1) is 10.4. The molecule has 0 saturated heterocycles. The summed E-state index contributed by atoms with van der Waals surface area (Å²) in [4.78, 5) is 12.0. The van der Waals surface area contributed by atoms with Gasteiger partial charge in [-0.3, -0.25) is 4.79 Å². The monoisotopic (exact) mass is 297 g/mol. The summed E-state index contributed by atoms with van der Waals surface area (Å²) in [7, 11) is 0. The van der Waals surface area contributed by atoms with Crippen LogP contribution in [0.15, 0.2) is 42.5 Å². The summed E-state index contributed by atoms with van der Waals surface area (Å²) in [5, 5.41) is 2.95. The van der Waals surface area contributed by atoms with Crippen molar-refractivity contribution in [1.82, 2.24) is 5.32 Å². The van der Waals surface area contributed by atoms with Crippen LogP contribution in [0.2, 0.25) is 0 Å². The van der Waals surface area contributed by atoms with Crippen molar-refractivity contribution < 1.29 is 9.53 Å². The lowest BCUT2D eigenvalue weighted by Crippen LogP contribution is -2.31. The van der Waals surface area contributed by atoms with Gasteiger partial charge in [0.2, 0.25) is 0 Å². The lowest BCUT2D eigenvalue weighted by atomic mass is 10.1. The van der Waals surface area contributed by atoms with Gasteiger partial charge in [0.25, 0.3) is 5.91 Å². The molecule has 2 aromatic rings. The molecule has 22 heavy (non-hydrogen) atoms. The highest BCUT2D eigenvalue weighted by molar-refractivity contribution is 5.78. The molecule has 1 N–H and O–H groups in total. The lowest BCUT2D eigenvalue weighted by Gasteiger charge is -2.15. The van der Waals surface area contributed by atoms with Gasteiger partial charge in [0.05, 0.1) is 6.04 Å². The minimum atomic E-state index is -0.118. The fraction of sp³-hybridized carbons (Fsp3) is 0.316. The molecule has 0 fully saturated rings. The van der Waals surface area contributed by atoms with E-state index in [1.54, 1.807) is 0 Å². The van der Waals surface area contributed by atoms with Crippen LogP contribution in [-0.2, 0) is 4.79 Å². The van der Waals surface area contributed by atoms with Crippen molar-refractivity contribution >= 4 is 5.91 Å². The molecule has 1 atom stereocenters. The SMILES string of the molecule is Cc1ccc([C@@H](C)NC(=O)COc2cc(C)cc(C)c2)cc1. The van der Waals surface area contributed by atoms with E-state index >= 15 is 0 Å². The minimum absolute atomic E-state index is 0.0269. The van der Waals surface area contributed by atoms with Crippen molar-refractivity contribution in [2.75, 3.05) is 6.61 Å². The third-order valence-corrected chi connectivity index (χ3v) is 3.52. The predicted octanol–water partition coefficient (Wildman–Crippen LogP) is 3.87. The molecule has 0 aromatic heterocycles. The van der Waals surface area contributed by atoms with Crippen molar-refractivity contribution in [1.29, 1.82) is 0 Å². The van der Waals surface area contributed by atoms with E-state index in [4.69, 9.17) is 4.74 Å². The average molecular weight is 297 g/mol. The van der Waals surface area contributed by atoms with E-state index in [2.05, 4.69) is 11.4 Å². The first kappa shape index (κ1) is 16.1. The Hall–Kier alpha value is -2.29. The molecule has 1 amide bonds. The molecule has 2 rings (SSSR count). The van der Waals surface area contributed by atoms with Crippen LogP contribution < -0.4 is 10.1 Å². The molecule has 0 aliphatic carbocycles. The zero-order chi connectivity index (χ0) is 16.1. The second-order valence-electron chi connectivity index (χ2n) is 5.81. The molecule has 0 aliphatic rings. The molecular weight excluding hydrogens is 274 g/mol. The van der Waals surface area contributed by atoms with Crippen LogP contribution in [0.25, 0.3) is 0 Å². The Kier molecular flexibility index (Phi) is 5.21. The van der Waals surface area contributed by atoms with Crippen molar-refractivity contribution in [2.24, 2.45) is 0 Å². The first-order valence-electron chi connectivity index (χ1n) is 7.51. The van der Waals surface area contributed by atoms with Gasteiger partial charge in [0.15, 0.2) is 6.61 Å². The summed E-state index contributed by atoms with van der Waals surface area (Å²) in [6.07, 6.45) is 0. The van der Waals surface area contributed by atoms with Gasteiger partial charge in [-0.15, -0.1) is 0 Å². The van der Waals surface area contributed by atoms with Crippen LogP contribution >= 0.6 is 0 Å². The molecule has 3 heteroatoms. The molecule has 2 aromatic carbocycles. The zero-order valence-electron chi connectivity index (χ0n) is 13.6. The molecule has 0 unspecified atom stereocenters. The zero-order valence-corrected chi connectivity index (χ0v) is 13.6. The van der Waals surface area contributed by atoms with Gasteiger partial charge in [0.1, 0.15) is 5.75 Å². The number of carbonyl (C=O) groups is 1. The first-order valence-corrected chi connectivity index (χ1v) is 7.51. The number of rotatable bonds is 5. The van der Waals surface area contributed by atoms with E-state index < -0.39 is 0 Å². The van der Waals surface area contributed by atoms with E-state index in [0.29, 0.717) is 0 Å². The molecule has 0 saturated carbocycles. The smallest absolute Gasteiger partial charge is 0.258 e. The van der Waals surface area contributed by atoms with Crippen LogP contribution in [0.1, 0.15) is 35.2 Å². The number of benzene rings is 2. The van der Waals surface area contributed by atoms with Crippen molar-refractivity contribution in [3.63, 3.8) is 0 Å². The maximum absolute atomic E-state index is 12.0. The summed E-state index contributed by atoms with van der Waals surface area (Å²) in [5.41, 5.74) is 4.55. The second-order valence-corrected chi connectivity index (χ2v) is 5.81. The highest BCUT2D eigenvalue weighted by atomic mass is 16.5. The molecular formula is C19H23NO2. The van der Waals surface area contributed by atoms with Gasteiger partial charge in [-0.05, 0) is 56.5 Å². The van der Waals surface area contributed by atoms with Crippen LogP contribution in [-0.4, -0.2) is 12.5 Å². The third kappa shape index (κ3) is 4.62. The normalized spacial score (nSPS) is 11.8. The number of hydrogen-bond acceptors (Lipinski definition) is 2. The number of carbonyl (C=O) groups excluding carboxylic acids is 1. The van der Waals surface area contributed by atoms with Gasteiger partial charge in [0, 0.05) is 0 Å². The Bertz CT molecular complexity index is 627. The number of ether oxygens (including phenoxy) is 1. The molecule has 116 valence electrons. The fourth-order valence-corrected chi connectivity index (χ4v) is 2.39. The predicted molar refractivity (Wildman–Crippen MR) is 89.1 cm³/mol. The average Bonchev–Trinajstić information content (AvgIpc) is 2.45. The Morgan fingerprint density at radius 2 is 1.59 bits per heavy atom. The highest BCUT2D eigenvalue weighted by Crippen LogP contribution is 2.16. The largest absolute Gasteiger partial charge is 0.484 e. The summed E-state index contributed by atoms with van der Waals surface area (Å²) >= 11 is 0. The van der Waals surface area contributed by atoms with Crippen molar-refractivity contribution in [3.05, 3.63) is 64.7 Å². The number of nitrogens with one attached hydrogen (secondary N) is 1. The molecule has 3 nitrogen and oxygen atoms in total. The summed E-state index contributed by atoms with van der Waals surface area (Å²) < 4.78 is 5.57. The summed E-state index contributed by atoms with van der Waals surface area (Å²) in [6, 6.07) is 14.1. The van der Waals surface area contributed by atoms with Gasteiger partial charge < -0.3 is 10.1 Å². The van der Waals surface area contributed by atoms with Crippen LogP contribution in [0.5, 0.6) is 5.75 Å². The number of aryl methyl sites for hydroxylation is 3. The van der Waals surface area contributed by atoms with Gasteiger partial charge in [-0.2, -0.15) is 0 Å². The standard InChI is InChI=1S/C19H23NO2/c1-13-5-7-17(8-6-13)16(4)20-19(21)12-22-18-10-14(2)9-15(3)11-18/h5-11,16H,12H2,1-4H3,(H,20,21)/t16-/m1/s1. The van der Waals surface area contributed by atoms with E-state index in [0.717, 1.165) is 22.4 Å². The Labute approximate surface area is 132 Å². The quantitative estimate of drug-likeness (QED) is 0.910. The summed E-state index contributed by atoms with van der Waals surface area (Å²) in [6.45, 7) is 8.07. The molecule has 0 heterocycles. The Morgan fingerprint density at radius 3 is 2.18 bits per heavy atom. The fourth-order valence-electron chi connectivity index (χ4n) is 2.39. The highest BCUT2D eigenvalue weighted by Gasteiger charge is 2.10. The van der Waals surface area contributed by atoms with E-state index in [-0.39, 0.29) is 18.6 Å². The number of amides is 1. The van der Waals surface area contributed by atoms with E-state index in [1.165, 1.54) is 5.56 Å². The maximum Gasteiger partial charge on any atom is 0.258 e. The minimum Gasteiger partial charge on any atom is -0.484 e. The van der Waals surface area contributed by atoms with Crippen LogP contribution in [0.3, 0.4) is 0 Å². The number of hydrogen-bond donors (Lipinski definition) is 1. The van der Waals surface area contributed by atoms with E-state index in [1.807, 2.05) is 64.1 Å². The Balaban J connectivity index is 1.88. The van der Waals surface area contributed by atoms with Crippen LogP contribution in [0.4, 0.5) is 0 Å². The van der Waals surface area contributed by atoms with Gasteiger partial charge in [-0.25, -0.2) is 0 Å². The van der Waals surface area contributed by atoms with Gasteiger partial charge >= 0.3 is 0 Å². The summed E-state index contributed by atoms with van der Waals surface area (Å²) in [5.74, 6) is 0.614. The Morgan fingerprint density at radius 1 is 1.00 bits per heavy atom. The molecule has 0 bridgehead atoms. The van der Waals surface area contributed by atoms with Crippen molar-refractivity contribution in [2.45, 2.75) is 33.7 Å². The lowest BCUT2D eigenvalue weighted by molar-refractivity contribution is -0.123. The molecule has 0 spiro atoms. The second kappa shape index (κ2) is 7.12. The maximum atomic E-state index is 12.0. The molecule has 0 aliphatic heterocycles. The third-order valence-electron chi connectivity index (χ3n) is 3.52. The van der Waals surface area contributed by atoms with Crippen LogP contribution in [0, 0.1) is 20.8 Å². The molecule has 0 radical (unpaired) electrons. The topological polar surface area (TPSA) is 38.3 Å².